The maximum Gasteiger partial charge on any atom is 0.126 e. The first-order valence-corrected chi connectivity index (χ1v) is 7.89. The Morgan fingerprint density at radius 2 is 1.71 bits per heavy atom. The lowest BCUT2D eigenvalue weighted by Crippen LogP contribution is -2.36. The van der Waals surface area contributed by atoms with E-state index in [0.717, 1.165) is 44.0 Å². The third-order valence-corrected chi connectivity index (χ3v) is 4.64. The summed E-state index contributed by atoms with van der Waals surface area (Å²) in [5.41, 5.74) is 6.61. The van der Waals surface area contributed by atoms with Crippen molar-refractivity contribution in [2.24, 2.45) is 17.6 Å². The SMILES string of the molecule is CC(C)C1CCN(CCC(N)c2cc(F)cc(F)c2)CC1. The molecule has 1 unspecified atom stereocenters. The molecule has 1 heterocycles. The van der Waals surface area contributed by atoms with Crippen molar-refractivity contribution in [2.75, 3.05) is 19.6 Å². The summed E-state index contributed by atoms with van der Waals surface area (Å²) >= 11 is 0. The molecule has 1 saturated heterocycles. The number of benzene rings is 1. The van der Waals surface area contributed by atoms with Crippen molar-refractivity contribution in [3.8, 4) is 0 Å². The lowest BCUT2D eigenvalue weighted by atomic mass is 9.86. The fraction of sp³-hybridized carbons (Fsp3) is 0.647. The van der Waals surface area contributed by atoms with Gasteiger partial charge in [0.1, 0.15) is 11.6 Å². The standard InChI is InChI=1S/C17H26F2N2/c1-12(2)13-3-6-21(7-4-13)8-5-17(20)14-9-15(18)11-16(19)10-14/h9-13,17H,3-8,20H2,1-2H3. The Bertz CT molecular complexity index is 434. The van der Waals surface area contributed by atoms with Gasteiger partial charge in [0.15, 0.2) is 0 Å². The summed E-state index contributed by atoms with van der Waals surface area (Å²) in [7, 11) is 0. The molecule has 0 amide bonds. The predicted molar refractivity (Wildman–Crippen MR) is 81.9 cm³/mol. The van der Waals surface area contributed by atoms with Crippen LogP contribution in [-0.2, 0) is 0 Å². The molecule has 2 N–H and O–H groups in total. The van der Waals surface area contributed by atoms with Gasteiger partial charge in [-0.15, -0.1) is 0 Å². The highest BCUT2D eigenvalue weighted by molar-refractivity contribution is 5.21. The molecule has 1 aromatic rings. The van der Waals surface area contributed by atoms with Crippen LogP contribution < -0.4 is 5.73 Å². The van der Waals surface area contributed by atoms with Gasteiger partial charge in [0.05, 0.1) is 0 Å². The zero-order chi connectivity index (χ0) is 15.4. The second kappa shape index (κ2) is 7.32. The molecule has 1 aliphatic heterocycles. The summed E-state index contributed by atoms with van der Waals surface area (Å²) in [5.74, 6) is 0.466. The summed E-state index contributed by atoms with van der Waals surface area (Å²) < 4.78 is 26.4. The Balaban J connectivity index is 1.80. The number of hydrogen-bond donors (Lipinski definition) is 1. The maximum atomic E-state index is 13.2. The Hall–Kier alpha value is -1.00. The average Bonchev–Trinajstić information content (AvgIpc) is 2.44. The van der Waals surface area contributed by atoms with E-state index >= 15 is 0 Å². The fourth-order valence-electron chi connectivity index (χ4n) is 3.12. The molecule has 1 aliphatic rings. The predicted octanol–water partition coefficient (Wildman–Crippen LogP) is 3.72. The van der Waals surface area contributed by atoms with Crippen LogP contribution in [0.3, 0.4) is 0 Å². The van der Waals surface area contributed by atoms with Crippen LogP contribution in [0.4, 0.5) is 8.78 Å². The van der Waals surface area contributed by atoms with E-state index in [2.05, 4.69) is 18.7 Å². The fourth-order valence-corrected chi connectivity index (χ4v) is 3.12. The molecule has 4 heteroatoms. The zero-order valence-corrected chi connectivity index (χ0v) is 13.0. The van der Waals surface area contributed by atoms with Crippen molar-refractivity contribution >= 4 is 0 Å². The van der Waals surface area contributed by atoms with E-state index in [4.69, 9.17) is 5.73 Å². The first-order chi connectivity index (χ1) is 9.95. The van der Waals surface area contributed by atoms with Crippen LogP contribution in [-0.4, -0.2) is 24.5 Å². The minimum Gasteiger partial charge on any atom is -0.324 e. The van der Waals surface area contributed by atoms with Gasteiger partial charge >= 0.3 is 0 Å². The number of piperidine rings is 1. The molecule has 21 heavy (non-hydrogen) atoms. The number of hydrogen-bond acceptors (Lipinski definition) is 2. The van der Waals surface area contributed by atoms with E-state index in [1.165, 1.54) is 25.0 Å². The smallest absolute Gasteiger partial charge is 0.126 e. The Kier molecular flexibility index (Phi) is 5.71. The molecule has 0 bridgehead atoms. The van der Waals surface area contributed by atoms with Crippen molar-refractivity contribution in [3.63, 3.8) is 0 Å². The first kappa shape index (κ1) is 16.4. The molecule has 0 saturated carbocycles. The van der Waals surface area contributed by atoms with Crippen LogP contribution in [0.2, 0.25) is 0 Å². The maximum absolute atomic E-state index is 13.2. The summed E-state index contributed by atoms with van der Waals surface area (Å²) in [4.78, 5) is 2.41. The van der Waals surface area contributed by atoms with Crippen molar-refractivity contribution in [1.29, 1.82) is 0 Å². The van der Waals surface area contributed by atoms with Crippen LogP contribution in [0.5, 0.6) is 0 Å². The van der Waals surface area contributed by atoms with Gasteiger partial charge in [-0.2, -0.15) is 0 Å². The van der Waals surface area contributed by atoms with E-state index in [1.54, 1.807) is 0 Å². The number of likely N-dealkylation sites (tertiary alicyclic amines) is 1. The second-order valence-corrected chi connectivity index (χ2v) is 6.52. The van der Waals surface area contributed by atoms with Gasteiger partial charge < -0.3 is 10.6 Å². The van der Waals surface area contributed by atoms with Crippen molar-refractivity contribution in [2.45, 2.75) is 39.2 Å². The van der Waals surface area contributed by atoms with Crippen LogP contribution >= 0.6 is 0 Å². The lowest BCUT2D eigenvalue weighted by Gasteiger charge is -2.34. The molecule has 1 atom stereocenters. The highest BCUT2D eigenvalue weighted by Crippen LogP contribution is 2.25. The Morgan fingerprint density at radius 3 is 2.24 bits per heavy atom. The number of nitrogens with zero attached hydrogens (tertiary/aromatic N) is 1. The van der Waals surface area contributed by atoms with E-state index in [-0.39, 0.29) is 6.04 Å². The van der Waals surface area contributed by atoms with E-state index < -0.39 is 11.6 Å². The second-order valence-electron chi connectivity index (χ2n) is 6.52. The normalized spacial score (nSPS) is 19.1. The van der Waals surface area contributed by atoms with Gasteiger partial charge in [-0.1, -0.05) is 13.8 Å². The van der Waals surface area contributed by atoms with E-state index in [0.29, 0.717) is 5.56 Å². The molecule has 118 valence electrons. The van der Waals surface area contributed by atoms with Crippen LogP contribution in [0.25, 0.3) is 0 Å². The molecular weight excluding hydrogens is 270 g/mol. The largest absolute Gasteiger partial charge is 0.324 e. The third kappa shape index (κ3) is 4.75. The topological polar surface area (TPSA) is 29.3 Å². The van der Waals surface area contributed by atoms with Crippen LogP contribution in [0.15, 0.2) is 18.2 Å². The van der Waals surface area contributed by atoms with Crippen molar-refractivity contribution < 1.29 is 8.78 Å². The van der Waals surface area contributed by atoms with Gasteiger partial charge in [-0.25, -0.2) is 8.78 Å². The van der Waals surface area contributed by atoms with Crippen LogP contribution in [0.1, 0.15) is 44.7 Å². The quantitative estimate of drug-likeness (QED) is 0.897. The third-order valence-electron chi connectivity index (χ3n) is 4.64. The van der Waals surface area contributed by atoms with Gasteiger partial charge in [0.2, 0.25) is 0 Å². The van der Waals surface area contributed by atoms with Crippen LogP contribution in [0, 0.1) is 23.5 Å². The van der Waals surface area contributed by atoms with E-state index in [9.17, 15) is 8.78 Å². The summed E-state index contributed by atoms with van der Waals surface area (Å²) in [6.45, 7) is 7.67. The average molecular weight is 296 g/mol. The molecule has 0 aromatic heterocycles. The highest BCUT2D eigenvalue weighted by Gasteiger charge is 2.21. The molecular formula is C17H26F2N2. The zero-order valence-electron chi connectivity index (χ0n) is 13.0. The minimum atomic E-state index is -0.557. The number of halogens is 2. The summed E-state index contributed by atoms with van der Waals surface area (Å²) in [6.07, 6.45) is 3.21. The lowest BCUT2D eigenvalue weighted by molar-refractivity contribution is 0.154. The molecule has 2 nitrogen and oxygen atoms in total. The number of rotatable bonds is 5. The Labute approximate surface area is 126 Å². The molecule has 0 aliphatic carbocycles. The molecule has 0 radical (unpaired) electrons. The first-order valence-electron chi connectivity index (χ1n) is 7.89. The van der Waals surface area contributed by atoms with E-state index in [1.807, 2.05) is 0 Å². The number of nitrogens with two attached hydrogens (primary N) is 1. The summed E-state index contributed by atoms with van der Waals surface area (Å²) in [6, 6.07) is 3.24. The van der Waals surface area contributed by atoms with Gasteiger partial charge in [-0.05, 0) is 68.4 Å². The van der Waals surface area contributed by atoms with Gasteiger partial charge in [0.25, 0.3) is 0 Å². The minimum absolute atomic E-state index is 0.307. The summed E-state index contributed by atoms with van der Waals surface area (Å²) in [5, 5.41) is 0. The molecule has 0 spiro atoms. The van der Waals surface area contributed by atoms with Gasteiger partial charge in [0, 0.05) is 12.1 Å². The molecule has 2 rings (SSSR count). The Morgan fingerprint density at radius 1 is 1.14 bits per heavy atom. The van der Waals surface area contributed by atoms with Gasteiger partial charge in [-0.3, -0.25) is 0 Å². The van der Waals surface area contributed by atoms with Crippen molar-refractivity contribution in [1.82, 2.24) is 4.90 Å². The van der Waals surface area contributed by atoms with Crippen molar-refractivity contribution in [3.05, 3.63) is 35.4 Å². The highest BCUT2D eigenvalue weighted by atomic mass is 19.1. The molecule has 1 aromatic carbocycles. The monoisotopic (exact) mass is 296 g/mol. The molecule has 1 fully saturated rings.